The first kappa shape index (κ1) is 29.3. The lowest BCUT2D eigenvalue weighted by Gasteiger charge is -2.70. The van der Waals surface area contributed by atoms with Crippen molar-refractivity contribution in [2.45, 2.75) is 126 Å². The monoisotopic (exact) mass is 528 g/mol. The van der Waals surface area contributed by atoms with Gasteiger partial charge in [0.15, 0.2) is 5.78 Å². The van der Waals surface area contributed by atoms with Gasteiger partial charge >= 0.3 is 11.9 Å². The zero-order valence-electron chi connectivity index (χ0n) is 25.4. The molecule has 0 aromatic heterocycles. The van der Waals surface area contributed by atoms with E-state index in [1.54, 1.807) is 6.92 Å². The van der Waals surface area contributed by atoms with Gasteiger partial charge in [-0.15, -0.1) is 0 Å². The summed E-state index contributed by atoms with van der Waals surface area (Å²) in [5.41, 5.74) is -0.222. The Morgan fingerprint density at radius 3 is 2.21 bits per heavy atom. The van der Waals surface area contributed by atoms with Gasteiger partial charge in [0.1, 0.15) is 11.5 Å². The zero-order chi connectivity index (χ0) is 28.5. The molecule has 0 amide bonds. The van der Waals surface area contributed by atoms with E-state index in [-0.39, 0.29) is 33.9 Å². The Labute approximate surface area is 230 Å². The highest BCUT2D eigenvalue weighted by Gasteiger charge is 2.72. The van der Waals surface area contributed by atoms with Gasteiger partial charge in [0.2, 0.25) is 0 Å². The second kappa shape index (κ2) is 9.47. The van der Waals surface area contributed by atoms with Crippen LogP contribution in [0.3, 0.4) is 0 Å². The summed E-state index contributed by atoms with van der Waals surface area (Å²) in [6, 6.07) is 0. The van der Waals surface area contributed by atoms with E-state index in [1.807, 2.05) is 13.8 Å². The highest BCUT2D eigenvalue weighted by Crippen LogP contribution is 2.75. The Kier molecular flexibility index (Phi) is 7.31. The third kappa shape index (κ3) is 3.72. The van der Waals surface area contributed by atoms with Crippen molar-refractivity contribution in [2.24, 2.45) is 50.7 Å². The first-order valence-electron chi connectivity index (χ1n) is 15.3. The van der Waals surface area contributed by atoms with Gasteiger partial charge in [-0.3, -0.25) is 14.4 Å². The summed E-state index contributed by atoms with van der Waals surface area (Å²) in [5, 5.41) is 10.5. The lowest BCUT2D eigenvalue weighted by Crippen LogP contribution is -2.68. The van der Waals surface area contributed by atoms with Crippen molar-refractivity contribution < 1.29 is 24.2 Å². The molecule has 10 atom stereocenters. The second-order valence-electron chi connectivity index (χ2n) is 14.5. The third-order valence-corrected chi connectivity index (χ3v) is 12.9. The molecule has 5 aliphatic carbocycles. The molecule has 214 valence electrons. The molecule has 0 aromatic rings. The van der Waals surface area contributed by atoms with Crippen LogP contribution in [0.1, 0.15) is 120 Å². The maximum absolute atomic E-state index is 14.3. The van der Waals surface area contributed by atoms with Crippen molar-refractivity contribution in [3.63, 3.8) is 0 Å². The molecule has 0 aromatic carbocycles. The van der Waals surface area contributed by atoms with Crippen LogP contribution in [0.15, 0.2) is 11.6 Å². The third-order valence-electron chi connectivity index (χ3n) is 12.9. The van der Waals surface area contributed by atoms with Crippen LogP contribution < -0.4 is 0 Å². The lowest BCUT2D eigenvalue weighted by atomic mass is 9.33. The standard InChI is InChI=1S/C31H46O5.C2H6/c1-18-9-8-12-27(3)15-16-29(5)20(24(18)27)17-21(33)25-28(4)13-11-23(36-19(2)32)31(7,26(34)35)22(28)10-14-30(25,29)6;1-2/h17-18,22-25H,8-16H2,1-7H3,(H,34,35);1-2H3/t18-,22?,23+,24?,25?,27+,28?,29+,30+,31+;/m0./s1. The van der Waals surface area contributed by atoms with Gasteiger partial charge in [0, 0.05) is 12.8 Å². The molecule has 0 heterocycles. The van der Waals surface area contributed by atoms with Crippen molar-refractivity contribution in [2.75, 3.05) is 0 Å². The van der Waals surface area contributed by atoms with Crippen molar-refractivity contribution >= 4 is 17.7 Å². The van der Waals surface area contributed by atoms with Gasteiger partial charge in [-0.2, -0.15) is 0 Å². The van der Waals surface area contributed by atoms with Crippen LogP contribution in [0.5, 0.6) is 0 Å². The number of carboxylic acids is 1. The average Bonchev–Trinajstić information content (AvgIpc) is 2.83. The van der Waals surface area contributed by atoms with Crippen LogP contribution in [0, 0.1) is 50.7 Å². The summed E-state index contributed by atoms with van der Waals surface area (Å²) < 4.78 is 5.62. The summed E-state index contributed by atoms with van der Waals surface area (Å²) in [7, 11) is 0. The number of aliphatic carboxylic acids is 1. The summed E-state index contributed by atoms with van der Waals surface area (Å²) in [5.74, 6) is -0.509. The molecule has 5 aliphatic rings. The fourth-order valence-electron chi connectivity index (χ4n) is 10.9. The van der Waals surface area contributed by atoms with Crippen LogP contribution in [-0.4, -0.2) is 28.9 Å². The first-order valence-corrected chi connectivity index (χ1v) is 15.3. The highest BCUT2D eigenvalue weighted by atomic mass is 16.5. The van der Waals surface area contributed by atoms with E-state index in [9.17, 15) is 19.5 Å². The van der Waals surface area contributed by atoms with E-state index < -0.39 is 28.9 Å². The predicted octanol–water partition coefficient (Wildman–Crippen LogP) is 7.62. The molecule has 5 nitrogen and oxygen atoms in total. The fourth-order valence-corrected chi connectivity index (χ4v) is 10.9. The van der Waals surface area contributed by atoms with E-state index in [2.05, 4.69) is 40.7 Å². The molecule has 0 aliphatic heterocycles. The lowest BCUT2D eigenvalue weighted by molar-refractivity contribution is -0.220. The second-order valence-corrected chi connectivity index (χ2v) is 14.5. The van der Waals surface area contributed by atoms with Gasteiger partial charge in [-0.05, 0) is 97.4 Å². The first-order chi connectivity index (χ1) is 17.6. The Morgan fingerprint density at radius 2 is 1.61 bits per heavy atom. The van der Waals surface area contributed by atoms with E-state index in [4.69, 9.17) is 4.74 Å². The maximum atomic E-state index is 14.3. The number of allylic oxidation sites excluding steroid dienone is 2. The molecule has 0 bridgehead atoms. The summed E-state index contributed by atoms with van der Waals surface area (Å²) >= 11 is 0. The van der Waals surface area contributed by atoms with Crippen LogP contribution in [0.25, 0.3) is 0 Å². The van der Waals surface area contributed by atoms with E-state index in [1.165, 1.54) is 38.2 Å². The van der Waals surface area contributed by atoms with Gasteiger partial charge < -0.3 is 9.84 Å². The normalized spacial score (nSPS) is 49.6. The average molecular weight is 529 g/mol. The summed E-state index contributed by atoms with van der Waals surface area (Å²) in [4.78, 5) is 39.0. The highest BCUT2D eigenvalue weighted by molar-refractivity contribution is 5.96. The number of ether oxygens (including phenoxy) is 1. The molecular weight excluding hydrogens is 476 g/mol. The predicted molar refractivity (Wildman–Crippen MR) is 149 cm³/mol. The molecule has 0 radical (unpaired) electrons. The minimum atomic E-state index is -1.20. The molecular formula is C33H52O5. The molecule has 4 fully saturated rings. The number of esters is 1. The van der Waals surface area contributed by atoms with Crippen molar-refractivity contribution in [1.82, 2.24) is 0 Å². The Balaban J connectivity index is 0.00000164. The number of carbonyl (C=O) groups is 3. The van der Waals surface area contributed by atoms with Gasteiger partial charge in [-0.25, -0.2) is 0 Å². The largest absolute Gasteiger partial charge is 0.481 e. The van der Waals surface area contributed by atoms with Crippen LogP contribution >= 0.6 is 0 Å². The molecule has 5 heteroatoms. The minimum Gasteiger partial charge on any atom is -0.481 e. The molecule has 4 saturated carbocycles. The molecule has 0 saturated heterocycles. The molecule has 0 spiro atoms. The van der Waals surface area contributed by atoms with Crippen molar-refractivity contribution in [3.05, 3.63) is 11.6 Å². The topological polar surface area (TPSA) is 80.7 Å². The van der Waals surface area contributed by atoms with Gasteiger partial charge in [0.05, 0.1) is 0 Å². The number of carbonyl (C=O) groups excluding carboxylic acids is 2. The van der Waals surface area contributed by atoms with Crippen LogP contribution in [0.2, 0.25) is 0 Å². The number of hydrogen-bond donors (Lipinski definition) is 1. The quantitative estimate of drug-likeness (QED) is 0.373. The number of hydrogen-bond acceptors (Lipinski definition) is 4. The molecule has 1 N–H and O–H groups in total. The Bertz CT molecular complexity index is 1030. The van der Waals surface area contributed by atoms with E-state index in [0.29, 0.717) is 24.7 Å². The number of rotatable bonds is 2. The maximum Gasteiger partial charge on any atom is 0.313 e. The van der Waals surface area contributed by atoms with Crippen molar-refractivity contribution in [3.8, 4) is 0 Å². The summed E-state index contributed by atoms with van der Waals surface area (Å²) in [6.07, 6.45) is 10.2. The minimum absolute atomic E-state index is 0.0539. The van der Waals surface area contributed by atoms with Gasteiger partial charge in [-0.1, -0.05) is 66.9 Å². The van der Waals surface area contributed by atoms with Crippen LogP contribution in [0.4, 0.5) is 0 Å². The van der Waals surface area contributed by atoms with Crippen molar-refractivity contribution in [1.29, 1.82) is 0 Å². The number of carboxylic acid groups (broad SMARTS) is 1. The summed E-state index contributed by atoms with van der Waals surface area (Å²) in [6.45, 7) is 18.9. The Morgan fingerprint density at radius 1 is 0.947 bits per heavy atom. The zero-order valence-corrected chi connectivity index (χ0v) is 25.4. The SMILES string of the molecule is CC.CC(=O)O[C@@H]1CCC2(C)C(CC[C@]3(C)C2C(=O)C=C2C4[C@@H](C)CCC[C@]4(C)CC[C@]23C)[C@@]1(C)C(=O)O. The van der Waals surface area contributed by atoms with Crippen LogP contribution in [-0.2, 0) is 19.1 Å². The molecule has 38 heavy (non-hydrogen) atoms. The number of fused-ring (bicyclic) bond motifs is 7. The molecule has 4 unspecified atom stereocenters. The van der Waals surface area contributed by atoms with E-state index >= 15 is 0 Å². The smallest absolute Gasteiger partial charge is 0.313 e. The Hall–Kier alpha value is -1.65. The molecule has 5 rings (SSSR count). The number of ketones is 1. The van der Waals surface area contributed by atoms with Gasteiger partial charge in [0.25, 0.3) is 0 Å². The van der Waals surface area contributed by atoms with E-state index in [0.717, 1.165) is 19.3 Å². The fraction of sp³-hybridized carbons (Fsp3) is 0.848.